The first-order valence-electron chi connectivity index (χ1n) is 9.28. The molecule has 2 aliphatic heterocycles. The second kappa shape index (κ2) is 7.61. The van der Waals surface area contributed by atoms with Crippen molar-refractivity contribution in [3.8, 4) is 0 Å². The number of piperidine rings is 2. The normalized spacial score (nSPS) is 22.8. The first kappa shape index (κ1) is 18.6. The van der Waals surface area contributed by atoms with Gasteiger partial charge in [0.25, 0.3) is 0 Å². The summed E-state index contributed by atoms with van der Waals surface area (Å²) in [4.78, 5) is 34.4. The molecule has 7 nitrogen and oxygen atoms in total. The zero-order chi connectivity index (χ0) is 18.7. The molecule has 2 fully saturated rings. The molecular weight excluding hydrogens is 332 g/mol. The van der Waals surface area contributed by atoms with Gasteiger partial charge in [-0.1, -0.05) is 6.07 Å². The average molecular weight is 360 g/mol. The van der Waals surface area contributed by atoms with E-state index in [9.17, 15) is 14.7 Å². The monoisotopic (exact) mass is 360 g/mol. The average Bonchev–Trinajstić information content (AvgIpc) is 2.68. The molecule has 0 aromatic carbocycles. The Bertz CT molecular complexity index is 641. The number of carbonyl (C=O) groups excluding carboxylic acids is 2. The quantitative estimate of drug-likeness (QED) is 0.862. The number of rotatable bonds is 2. The summed E-state index contributed by atoms with van der Waals surface area (Å²) in [6, 6.07) is 3.67. The van der Waals surface area contributed by atoms with E-state index in [4.69, 9.17) is 0 Å². The third-order valence-corrected chi connectivity index (χ3v) is 5.52. The van der Waals surface area contributed by atoms with Gasteiger partial charge in [-0.15, -0.1) is 0 Å². The first-order chi connectivity index (χ1) is 12.4. The van der Waals surface area contributed by atoms with Crippen molar-refractivity contribution >= 4 is 11.9 Å². The van der Waals surface area contributed by atoms with Gasteiger partial charge in [-0.25, -0.2) is 4.79 Å². The van der Waals surface area contributed by atoms with Crippen LogP contribution in [0.25, 0.3) is 0 Å². The second-order valence-corrected chi connectivity index (χ2v) is 7.56. The van der Waals surface area contributed by atoms with Crippen LogP contribution < -0.4 is 0 Å². The highest BCUT2D eigenvalue weighted by atomic mass is 16.3. The topological polar surface area (TPSA) is 77.0 Å². The molecule has 3 amide bonds. The van der Waals surface area contributed by atoms with Gasteiger partial charge in [-0.2, -0.15) is 0 Å². The number of aromatic nitrogens is 1. The fraction of sp³-hybridized carbons (Fsp3) is 0.632. The maximum atomic E-state index is 12.9. The van der Waals surface area contributed by atoms with E-state index in [0.717, 1.165) is 18.4 Å². The van der Waals surface area contributed by atoms with Crippen molar-refractivity contribution in [1.82, 2.24) is 19.7 Å². The molecular formula is C19H28N4O3. The summed E-state index contributed by atoms with van der Waals surface area (Å²) < 4.78 is 0. The van der Waals surface area contributed by atoms with Gasteiger partial charge in [0, 0.05) is 58.2 Å². The molecule has 142 valence electrons. The van der Waals surface area contributed by atoms with Crippen molar-refractivity contribution in [2.75, 3.05) is 40.3 Å². The minimum absolute atomic E-state index is 0.0351. The molecule has 3 rings (SSSR count). The van der Waals surface area contributed by atoms with E-state index in [0.29, 0.717) is 39.0 Å². The number of hydrogen-bond donors (Lipinski definition) is 1. The largest absolute Gasteiger partial charge is 0.385 e. The summed E-state index contributed by atoms with van der Waals surface area (Å²) in [7, 11) is 3.47. The summed E-state index contributed by atoms with van der Waals surface area (Å²) in [6.07, 6.45) is 6.08. The number of nitrogens with zero attached hydrogens (tertiary/aromatic N) is 4. The van der Waals surface area contributed by atoms with Gasteiger partial charge in [-0.3, -0.25) is 9.78 Å². The number of pyridine rings is 1. The molecule has 0 saturated carbocycles. The molecule has 1 aromatic heterocycles. The van der Waals surface area contributed by atoms with Crippen molar-refractivity contribution in [2.24, 2.45) is 5.92 Å². The van der Waals surface area contributed by atoms with Gasteiger partial charge in [0.15, 0.2) is 0 Å². The Labute approximate surface area is 154 Å². The lowest BCUT2D eigenvalue weighted by Gasteiger charge is -2.41. The highest BCUT2D eigenvalue weighted by molar-refractivity contribution is 5.81. The van der Waals surface area contributed by atoms with Crippen LogP contribution in [-0.2, 0) is 10.4 Å². The van der Waals surface area contributed by atoms with Crippen LogP contribution in [0.3, 0.4) is 0 Å². The molecule has 0 unspecified atom stereocenters. The second-order valence-electron chi connectivity index (χ2n) is 7.56. The molecule has 1 aromatic rings. The molecule has 0 radical (unpaired) electrons. The molecule has 2 aliphatic rings. The Morgan fingerprint density at radius 1 is 1.23 bits per heavy atom. The predicted molar refractivity (Wildman–Crippen MR) is 97.3 cm³/mol. The van der Waals surface area contributed by atoms with E-state index in [1.807, 2.05) is 17.0 Å². The molecule has 0 aliphatic carbocycles. The molecule has 26 heavy (non-hydrogen) atoms. The number of aliphatic hydroxyl groups is 1. The summed E-state index contributed by atoms with van der Waals surface area (Å²) in [5.41, 5.74) is -0.0997. The van der Waals surface area contributed by atoms with Gasteiger partial charge >= 0.3 is 6.03 Å². The SMILES string of the molecule is CN(C)C(=O)N1CCC[C@H](C(=O)N2CCC(O)(c3cccnc3)CC2)C1. The van der Waals surface area contributed by atoms with E-state index in [-0.39, 0.29) is 17.9 Å². The third-order valence-electron chi connectivity index (χ3n) is 5.52. The molecule has 3 heterocycles. The lowest BCUT2D eigenvalue weighted by atomic mass is 9.84. The van der Waals surface area contributed by atoms with Gasteiger partial charge in [-0.05, 0) is 31.7 Å². The summed E-state index contributed by atoms with van der Waals surface area (Å²) in [6.45, 7) is 2.26. The Balaban J connectivity index is 1.59. The zero-order valence-corrected chi connectivity index (χ0v) is 15.6. The number of carbonyl (C=O) groups is 2. The maximum absolute atomic E-state index is 12.9. The van der Waals surface area contributed by atoms with Crippen LogP contribution in [0.2, 0.25) is 0 Å². The molecule has 1 N–H and O–H groups in total. The zero-order valence-electron chi connectivity index (χ0n) is 15.6. The Hall–Kier alpha value is -2.15. The standard InChI is InChI=1S/C19H28N4O3/c1-21(2)18(25)23-10-4-5-15(14-23)17(24)22-11-7-19(26,8-12-22)16-6-3-9-20-13-16/h3,6,9,13,15,26H,4-5,7-8,10-12,14H2,1-2H3/t15-/m0/s1. The molecule has 7 heteroatoms. The van der Waals surface area contributed by atoms with Crippen LogP contribution in [-0.4, -0.2) is 77.0 Å². The van der Waals surface area contributed by atoms with Gasteiger partial charge in [0.05, 0.1) is 11.5 Å². The van der Waals surface area contributed by atoms with Crippen LogP contribution in [0.5, 0.6) is 0 Å². The number of amides is 3. The molecule has 2 saturated heterocycles. The van der Waals surface area contributed by atoms with Crippen molar-refractivity contribution in [3.05, 3.63) is 30.1 Å². The van der Waals surface area contributed by atoms with E-state index < -0.39 is 5.60 Å². The lowest BCUT2D eigenvalue weighted by molar-refractivity contribution is -0.141. The molecule has 1 atom stereocenters. The Kier molecular flexibility index (Phi) is 5.46. The van der Waals surface area contributed by atoms with E-state index in [2.05, 4.69) is 4.98 Å². The summed E-state index contributed by atoms with van der Waals surface area (Å²) in [5, 5.41) is 10.9. The minimum Gasteiger partial charge on any atom is -0.385 e. The fourth-order valence-corrected chi connectivity index (χ4v) is 3.92. The Morgan fingerprint density at radius 2 is 1.96 bits per heavy atom. The first-order valence-corrected chi connectivity index (χ1v) is 9.28. The third kappa shape index (κ3) is 3.82. The van der Waals surface area contributed by atoms with Crippen LogP contribution in [0.1, 0.15) is 31.2 Å². The van der Waals surface area contributed by atoms with Crippen molar-refractivity contribution < 1.29 is 14.7 Å². The summed E-state index contributed by atoms with van der Waals surface area (Å²) in [5.74, 6) is -0.0354. The number of hydrogen-bond acceptors (Lipinski definition) is 4. The van der Waals surface area contributed by atoms with Gasteiger partial charge < -0.3 is 19.8 Å². The van der Waals surface area contributed by atoms with E-state index >= 15 is 0 Å². The van der Waals surface area contributed by atoms with Crippen molar-refractivity contribution in [2.45, 2.75) is 31.3 Å². The van der Waals surface area contributed by atoms with Crippen molar-refractivity contribution in [1.29, 1.82) is 0 Å². The van der Waals surface area contributed by atoms with Gasteiger partial charge in [0.2, 0.25) is 5.91 Å². The summed E-state index contributed by atoms with van der Waals surface area (Å²) >= 11 is 0. The van der Waals surface area contributed by atoms with E-state index in [1.165, 1.54) is 0 Å². The highest BCUT2D eigenvalue weighted by Crippen LogP contribution is 2.33. The highest BCUT2D eigenvalue weighted by Gasteiger charge is 2.38. The van der Waals surface area contributed by atoms with Gasteiger partial charge in [0.1, 0.15) is 0 Å². The fourth-order valence-electron chi connectivity index (χ4n) is 3.92. The van der Waals surface area contributed by atoms with Crippen LogP contribution in [0.15, 0.2) is 24.5 Å². The van der Waals surface area contributed by atoms with Crippen molar-refractivity contribution in [3.63, 3.8) is 0 Å². The lowest BCUT2D eigenvalue weighted by Crippen LogP contribution is -2.52. The van der Waals surface area contributed by atoms with Crippen LogP contribution in [0.4, 0.5) is 4.79 Å². The smallest absolute Gasteiger partial charge is 0.319 e. The maximum Gasteiger partial charge on any atom is 0.319 e. The van der Waals surface area contributed by atoms with Crippen LogP contribution in [0, 0.1) is 5.92 Å². The Morgan fingerprint density at radius 3 is 2.58 bits per heavy atom. The van der Waals surface area contributed by atoms with E-state index in [1.54, 1.807) is 36.3 Å². The molecule has 0 bridgehead atoms. The molecule has 0 spiro atoms. The number of urea groups is 1. The van der Waals surface area contributed by atoms with Crippen LogP contribution >= 0.6 is 0 Å². The minimum atomic E-state index is -0.912. The predicted octanol–water partition coefficient (Wildman–Crippen LogP) is 1.29. The number of likely N-dealkylation sites (tertiary alicyclic amines) is 2.